The molecule has 1 N–H and O–H groups in total. The molecule has 7 nitrogen and oxygen atoms in total. The van der Waals surface area contributed by atoms with Crippen molar-refractivity contribution in [3.05, 3.63) is 40.8 Å². The Morgan fingerprint density at radius 3 is 3.04 bits per heavy atom. The van der Waals surface area contributed by atoms with Crippen molar-refractivity contribution in [3.8, 4) is 17.7 Å². The van der Waals surface area contributed by atoms with Gasteiger partial charge in [-0.25, -0.2) is 14.5 Å². The van der Waals surface area contributed by atoms with Crippen LogP contribution in [0.15, 0.2) is 24.4 Å². The molecule has 25 heavy (non-hydrogen) atoms. The summed E-state index contributed by atoms with van der Waals surface area (Å²) < 4.78 is 6.36. The lowest BCUT2D eigenvalue weighted by Gasteiger charge is -2.02. The molecule has 0 saturated heterocycles. The van der Waals surface area contributed by atoms with Crippen molar-refractivity contribution in [2.45, 2.75) is 19.8 Å². The van der Waals surface area contributed by atoms with Crippen molar-refractivity contribution in [3.63, 3.8) is 0 Å². The molecule has 0 bridgehead atoms. The highest BCUT2D eigenvalue weighted by atomic mass is 35.5. The molecule has 0 aliphatic carbocycles. The van der Waals surface area contributed by atoms with Gasteiger partial charge in [-0.05, 0) is 24.5 Å². The number of pyridine rings is 1. The fraction of sp³-hybridized carbons (Fsp3) is 0.294. The molecule has 2 aromatic rings. The molecule has 0 unspecified atom stereocenters. The van der Waals surface area contributed by atoms with E-state index in [0.717, 1.165) is 12.8 Å². The standard InChI is InChI=1S/C17H17ClN4O3/c1-2-3-10-25-17(24)19-9-5-6-14-13(12-23)11-22(21-14)16-8-4-7-15(18)20-16/h4,7-8,11-12H,2-3,9-10H2,1H3,(H,19,24). The first-order chi connectivity index (χ1) is 12.1. The lowest BCUT2D eigenvalue weighted by molar-refractivity contribution is 0.112. The van der Waals surface area contributed by atoms with Crippen LogP contribution in [0, 0.1) is 11.8 Å². The summed E-state index contributed by atoms with van der Waals surface area (Å²) >= 11 is 5.85. The maximum atomic E-state index is 11.4. The summed E-state index contributed by atoms with van der Waals surface area (Å²) in [6, 6.07) is 5.08. The van der Waals surface area contributed by atoms with E-state index in [1.165, 1.54) is 10.9 Å². The molecule has 2 aromatic heterocycles. The lowest BCUT2D eigenvalue weighted by Crippen LogP contribution is -2.24. The summed E-state index contributed by atoms with van der Waals surface area (Å²) in [5, 5.41) is 7.04. The Hall–Kier alpha value is -2.85. The van der Waals surface area contributed by atoms with Gasteiger partial charge in [0.2, 0.25) is 0 Å². The van der Waals surface area contributed by atoms with Gasteiger partial charge in [-0.15, -0.1) is 0 Å². The predicted molar refractivity (Wildman–Crippen MR) is 92.9 cm³/mol. The predicted octanol–water partition coefficient (Wildman–Crippen LogP) is 2.61. The first-order valence-corrected chi connectivity index (χ1v) is 8.09. The summed E-state index contributed by atoms with van der Waals surface area (Å²) in [5.41, 5.74) is 0.609. The molecule has 2 rings (SSSR count). The van der Waals surface area contributed by atoms with Crippen molar-refractivity contribution in [2.75, 3.05) is 13.2 Å². The number of carbonyl (C=O) groups excluding carboxylic acids is 2. The minimum atomic E-state index is -0.521. The first kappa shape index (κ1) is 18.5. The average molecular weight is 361 g/mol. The van der Waals surface area contributed by atoms with Crippen LogP contribution in [0.5, 0.6) is 0 Å². The Kier molecular flexibility index (Phi) is 6.99. The Morgan fingerprint density at radius 1 is 1.48 bits per heavy atom. The van der Waals surface area contributed by atoms with E-state index in [4.69, 9.17) is 16.3 Å². The van der Waals surface area contributed by atoms with Gasteiger partial charge in [0.15, 0.2) is 12.1 Å². The molecule has 0 spiro atoms. The van der Waals surface area contributed by atoms with Crippen LogP contribution in [0.4, 0.5) is 4.79 Å². The van der Waals surface area contributed by atoms with E-state index in [-0.39, 0.29) is 12.2 Å². The van der Waals surface area contributed by atoms with Crippen molar-refractivity contribution in [1.29, 1.82) is 0 Å². The van der Waals surface area contributed by atoms with Gasteiger partial charge in [0.1, 0.15) is 10.8 Å². The zero-order valence-electron chi connectivity index (χ0n) is 13.7. The highest BCUT2D eigenvalue weighted by Gasteiger charge is 2.08. The molecule has 0 atom stereocenters. The van der Waals surface area contributed by atoms with E-state index in [1.807, 2.05) is 6.92 Å². The lowest BCUT2D eigenvalue weighted by atomic mass is 10.3. The fourth-order valence-corrected chi connectivity index (χ4v) is 1.98. The van der Waals surface area contributed by atoms with Gasteiger partial charge in [-0.3, -0.25) is 4.79 Å². The highest BCUT2D eigenvalue weighted by Crippen LogP contribution is 2.11. The summed E-state index contributed by atoms with van der Waals surface area (Å²) in [7, 11) is 0. The first-order valence-electron chi connectivity index (χ1n) is 7.71. The van der Waals surface area contributed by atoms with Gasteiger partial charge in [0.05, 0.1) is 18.7 Å². The molecule has 0 aromatic carbocycles. The molecule has 0 saturated carbocycles. The van der Waals surface area contributed by atoms with Crippen molar-refractivity contribution >= 4 is 24.0 Å². The van der Waals surface area contributed by atoms with E-state index in [2.05, 4.69) is 27.2 Å². The van der Waals surface area contributed by atoms with Gasteiger partial charge in [-0.2, -0.15) is 5.10 Å². The van der Waals surface area contributed by atoms with E-state index >= 15 is 0 Å². The second kappa shape index (κ2) is 9.45. The number of alkyl carbamates (subject to hydrolysis) is 1. The van der Waals surface area contributed by atoms with Gasteiger partial charge in [0.25, 0.3) is 0 Å². The largest absolute Gasteiger partial charge is 0.450 e. The maximum absolute atomic E-state index is 11.4. The molecule has 0 aliphatic rings. The van der Waals surface area contributed by atoms with E-state index in [0.29, 0.717) is 29.4 Å². The molecular weight excluding hydrogens is 344 g/mol. The molecule has 8 heteroatoms. The Balaban J connectivity index is 2.01. The number of aromatic nitrogens is 3. The van der Waals surface area contributed by atoms with Gasteiger partial charge in [-0.1, -0.05) is 36.9 Å². The van der Waals surface area contributed by atoms with Crippen LogP contribution in [-0.4, -0.2) is 40.3 Å². The summed E-state index contributed by atoms with van der Waals surface area (Å²) in [5.74, 6) is 5.95. The monoisotopic (exact) mass is 360 g/mol. The van der Waals surface area contributed by atoms with E-state index < -0.39 is 6.09 Å². The fourth-order valence-electron chi connectivity index (χ4n) is 1.82. The SMILES string of the molecule is CCCCOC(=O)NCC#Cc1nn(-c2cccc(Cl)n2)cc1C=O. The van der Waals surface area contributed by atoms with Crippen LogP contribution >= 0.6 is 11.6 Å². The molecule has 2 heterocycles. The molecule has 0 aliphatic heterocycles. The minimum Gasteiger partial charge on any atom is -0.450 e. The summed E-state index contributed by atoms with van der Waals surface area (Å²) in [6.45, 7) is 2.48. The smallest absolute Gasteiger partial charge is 0.407 e. The van der Waals surface area contributed by atoms with Crippen LogP contribution in [0.2, 0.25) is 5.15 Å². The number of carbonyl (C=O) groups is 2. The van der Waals surface area contributed by atoms with Gasteiger partial charge >= 0.3 is 6.09 Å². The van der Waals surface area contributed by atoms with E-state index in [9.17, 15) is 9.59 Å². The summed E-state index contributed by atoms with van der Waals surface area (Å²) in [4.78, 5) is 26.7. The normalized spacial score (nSPS) is 9.84. The van der Waals surface area contributed by atoms with Gasteiger partial charge in [0, 0.05) is 6.20 Å². The van der Waals surface area contributed by atoms with Crippen LogP contribution in [0.3, 0.4) is 0 Å². The van der Waals surface area contributed by atoms with Crippen molar-refractivity contribution < 1.29 is 14.3 Å². The number of ether oxygens (including phenoxy) is 1. The zero-order valence-corrected chi connectivity index (χ0v) is 14.4. The number of hydrogen-bond acceptors (Lipinski definition) is 5. The Morgan fingerprint density at radius 2 is 2.32 bits per heavy atom. The summed E-state index contributed by atoms with van der Waals surface area (Å²) in [6.07, 6.45) is 3.42. The van der Waals surface area contributed by atoms with Crippen LogP contribution < -0.4 is 5.32 Å². The second-order valence-electron chi connectivity index (χ2n) is 4.96. The second-order valence-corrected chi connectivity index (χ2v) is 5.35. The molecule has 130 valence electrons. The number of halogens is 1. The number of nitrogens with one attached hydrogen (secondary N) is 1. The zero-order chi connectivity index (χ0) is 18.1. The highest BCUT2D eigenvalue weighted by molar-refractivity contribution is 6.29. The maximum Gasteiger partial charge on any atom is 0.407 e. The topological polar surface area (TPSA) is 86.1 Å². The van der Waals surface area contributed by atoms with Crippen molar-refractivity contribution in [2.24, 2.45) is 0 Å². The van der Waals surface area contributed by atoms with Crippen LogP contribution in [0.1, 0.15) is 35.8 Å². The van der Waals surface area contributed by atoms with Crippen molar-refractivity contribution in [1.82, 2.24) is 20.1 Å². The minimum absolute atomic E-state index is 0.0888. The van der Waals surface area contributed by atoms with Crippen LogP contribution in [0.25, 0.3) is 5.82 Å². The number of nitrogens with zero attached hydrogens (tertiary/aromatic N) is 3. The number of hydrogen-bond donors (Lipinski definition) is 1. The quantitative estimate of drug-likeness (QED) is 0.370. The third kappa shape index (κ3) is 5.62. The number of unbranched alkanes of at least 4 members (excludes halogenated alkanes) is 1. The Labute approximate surface area is 150 Å². The van der Waals surface area contributed by atoms with E-state index in [1.54, 1.807) is 18.2 Å². The molecule has 0 fully saturated rings. The number of aldehydes is 1. The third-order valence-electron chi connectivity index (χ3n) is 3.06. The van der Waals surface area contributed by atoms with Gasteiger partial charge < -0.3 is 10.1 Å². The molecule has 1 amide bonds. The molecular formula is C17H17ClN4O3. The number of amides is 1. The Bertz CT molecular complexity index is 808. The number of rotatable bonds is 6. The molecule has 0 radical (unpaired) electrons. The average Bonchev–Trinajstić information content (AvgIpc) is 3.02. The van der Waals surface area contributed by atoms with Crippen LogP contribution in [-0.2, 0) is 4.74 Å². The third-order valence-corrected chi connectivity index (χ3v) is 3.27.